The SMILES string of the molecule is Cc1cnc(-c2cc(OC3CCN(C)CC3)cc(C(=O)NC(C)c3cnc(C(F)(F)F)nc3)c2)s1. The van der Waals surface area contributed by atoms with Gasteiger partial charge in [-0.2, -0.15) is 13.2 Å². The quantitative estimate of drug-likeness (QED) is 0.514. The molecule has 0 radical (unpaired) electrons. The zero-order chi connectivity index (χ0) is 25.2. The first-order valence-corrected chi connectivity index (χ1v) is 12.0. The van der Waals surface area contributed by atoms with Crippen LogP contribution in [0.25, 0.3) is 10.6 Å². The number of rotatable bonds is 6. The van der Waals surface area contributed by atoms with Crippen LogP contribution in [0.5, 0.6) is 5.75 Å². The fourth-order valence-corrected chi connectivity index (χ4v) is 4.53. The third-order valence-corrected chi connectivity index (χ3v) is 6.74. The van der Waals surface area contributed by atoms with Gasteiger partial charge in [-0.15, -0.1) is 11.3 Å². The van der Waals surface area contributed by atoms with Crippen molar-refractivity contribution >= 4 is 17.2 Å². The average Bonchev–Trinajstić information content (AvgIpc) is 3.26. The van der Waals surface area contributed by atoms with E-state index >= 15 is 0 Å². The summed E-state index contributed by atoms with van der Waals surface area (Å²) in [5.41, 5.74) is 1.50. The van der Waals surface area contributed by atoms with Gasteiger partial charge in [0.05, 0.1) is 6.04 Å². The Hall–Kier alpha value is -3.05. The number of alkyl halides is 3. The molecule has 1 saturated heterocycles. The van der Waals surface area contributed by atoms with Crippen molar-refractivity contribution in [1.82, 2.24) is 25.2 Å². The zero-order valence-electron chi connectivity index (χ0n) is 19.6. The topological polar surface area (TPSA) is 80.2 Å². The molecule has 186 valence electrons. The van der Waals surface area contributed by atoms with E-state index in [1.807, 2.05) is 13.0 Å². The van der Waals surface area contributed by atoms with Crippen molar-refractivity contribution in [2.75, 3.05) is 20.1 Å². The molecule has 1 fully saturated rings. The molecule has 1 unspecified atom stereocenters. The third-order valence-electron chi connectivity index (χ3n) is 5.78. The number of amides is 1. The van der Waals surface area contributed by atoms with E-state index < -0.39 is 18.0 Å². The van der Waals surface area contributed by atoms with Crippen LogP contribution in [-0.2, 0) is 6.18 Å². The van der Waals surface area contributed by atoms with Crippen LogP contribution in [0.15, 0.2) is 36.8 Å². The van der Waals surface area contributed by atoms with Gasteiger partial charge in [-0.05, 0) is 51.9 Å². The number of nitrogens with one attached hydrogen (secondary N) is 1. The Morgan fingerprint density at radius 2 is 1.83 bits per heavy atom. The number of halogens is 3. The molecule has 1 N–H and O–H groups in total. The largest absolute Gasteiger partial charge is 0.490 e. The molecule has 0 saturated carbocycles. The van der Waals surface area contributed by atoms with Gasteiger partial charge in [0.15, 0.2) is 0 Å². The van der Waals surface area contributed by atoms with E-state index in [9.17, 15) is 18.0 Å². The maximum atomic E-state index is 13.1. The molecule has 11 heteroatoms. The van der Waals surface area contributed by atoms with Crippen LogP contribution < -0.4 is 10.1 Å². The summed E-state index contributed by atoms with van der Waals surface area (Å²) < 4.78 is 44.5. The number of benzene rings is 1. The van der Waals surface area contributed by atoms with Crippen molar-refractivity contribution in [3.63, 3.8) is 0 Å². The highest BCUT2D eigenvalue weighted by Crippen LogP contribution is 2.31. The highest BCUT2D eigenvalue weighted by molar-refractivity contribution is 7.14. The van der Waals surface area contributed by atoms with E-state index in [1.54, 1.807) is 25.3 Å². The number of ether oxygens (including phenoxy) is 1. The summed E-state index contributed by atoms with van der Waals surface area (Å²) in [6.07, 6.45) is 1.14. The molecule has 1 aliphatic heterocycles. The molecule has 1 atom stereocenters. The van der Waals surface area contributed by atoms with Crippen LogP contribution in [0.4, 0.5) is 13.2 Å². The monoisotopic (exact) mass is 505 g/mol. The predicted octanol–water partition coefficient (Wildman–Crippen LogP) is 4.89. The molecule has 3 aromatic rings. The number of aryl methyl sites for hydroxylation is 1. The molecule has 1 aliphatic rings. The molecule has 1 aromatic carbocycles. The normalized spacial score (nSPS) is 16.2. The molecule has 2 aromatic heterocycles. The number of hydrogen-bond donors (Lipinski definition) is 1. The molecular weight excluding hydrogens is 479 g/mol. The minimum Gasteiger partial charge on any atom is -0.490 e. The molecule has 0 spiro atoms. The summed E-state index contributed by atoms with van der Waals surface area (Å²) in [6.45, 7) is 5.50. The maximum absolute atomic E-state index is 13.1. The molecule has 1 amide bonds. The molecule has 35 heavy (non-hydrogen) atoms. The van der Waals surface area contributed by atoms with E-state index in [0.29, 0.717) is 16.9 Å². The lowest BCUT2D eigenvalue weighted by atomic mass is 10.1. The van der Waals surface area contributed by atoms with Crippen molar-refractivity contribution in [3.8, 4) is 16.3 Å². The summed E-state index contributed by atoms with van der Waals surface area (Å²) in [4.78, 5) is 27.6. The van der Waals surface area contributed by atoms with Gasteiger partial charge in [-0.25, -0.2) is 15.0 Å². The van der Waals surface area contributed by atoms with Crippen LogP contribution >= 0.6 is 11.3 Å². The van der Waals surface area contributed by atoms with E-state index in [4.69, 9.17) is 4.74 Å². The van der Waals surface area contributed by atoms with Gasteiger partial charge in [0.2, 0.25) is 5.82 Å². The summed E-state index contributed by atoms with van der Waals surface area (Å²) in [5.74, 6) is -1.02. The molecular formula is C24H26F3N5O2S. The summed E-state index contributed by atoms with van der Waals surface area (Å²) in [6, 6.07) is 4.72. The molecule has 0 bridgehead atoms. The van der Waals surface area contributed by atoms with Gasteiger partial charge >= 0.3 is 6.18 Å². The number of piperidine rings is 1. The predicted molar refractivity (Wildman–Crippen MR) is 126 cm³/mol. The molecule has 4 rings (SSSR count). The van der Waals surface area contributed by atoms with Gasteiger partial charge in [0, 0.05) is 53.2 Å². The average molecular weight is 506 g/mol. The van der Waals surface area contributed by atoms with Crippen molar-refractivity contribution in [1.29, 1.82) is 0 Å². The van der Waals surface area contributed by atoms with E-state index in [1.165, 1.54) is 11.3 Å². The van der Waals surface area contributed by atoms with Gasteiger partial charge < -0.3 is 15.0 Å². The number of aromatic nitrogens is 3. The van der Waals surface area contributed by atoms with E-state index in [2.05, 4.69) is 32.2 Å². The van der Waals surface area contributed by atoms with E-state index in [0.717, 1.165) is 53.8 Å². The second-order valence-electron chi connectivity index (χ2n) is 8.68. The zero-order valence-corrected chi connectivity index (χ0v) is 20.4. The maximum Gasteiger partial charge on any atom is 0.451 e. The second kappa shape index (κ2) is 10.3. The molecule has 7 nitrogen and oxygen atoms in total. The highest BCUT2D eigenvalue weighted by atomic mass is 32.1. The lowest BCUT2D eigenvalue weighted by Crippen LogP contribution is -2.35. The smallest absolute Gasteiger partial charge is 0.451 e. The Morgan fingerprint density at radius 1 is 1.14 bits per heavy atom. The van der Waals surface area contributed by atoms with Crippen LogP contribution in [0.1, 0.15) is 52.4 Å². The Labute approximate surface area is 205 Å². The second-order valence-corrected chi connectivity index (χ2v) is 9.91. The lowest BCUT2D eigenvalue weighted by molar-refractivity contribution is -0.145. The minimum absolute atomic E-state index is 0.0543. The van der Waals surface area contributed by atoms with Gasteiger partial charge in [0.25, 0.3) is 5.91 Å². The summed E-state index contributed by atoms with van der Waals surface area (Å²) in [5, 5.41) is 3.58. The van der Waals surface area contributed by atoms with E-state index in [-0.39, 0.29) is 12.0 Å². The fraction of sp³-hybridized carbons (Fsp3) is 0.417. The van der Waals surface area contributed by atoms with Crippen molar-refractivity contribution in [2.24, 2.45) is 0 Å². The number of carbonyl (C=O) groups is 1. The first-order valence-electron chi connectivity index (χ1n) is 11.2. The van der Waals surface area contributed by atoms with Crippen LogP contribution in [0, 0.1) is 6.92 Å². The van der Waals surface area contributed by atoms with Crippen molar-refractivity contribution in [3.05, 3.63) is 58.6 Å². The molecule has 3 heterocycles. The third kappa shape index (κ3) is 6.34. The Bertz CT molecular complexity index is 1170. The Kier molecular flexibility index (Phi) is 7.36. The summed E-state index contributed by atoms with van der Waals surface area (Å²) >= 11 is 1.52. The van der Waals surface area contributed by atoms with Gasteiger partial charge in [0.1, 0.15) is 16.9 Å². The highest BCUT2D eigenvalue weighted by Gasteiger charge is 2.34. The van der Waals surface area contributed by atoms with Crippen LogP contribution in [0.3, 0.4) is 0 Å². The lowest BCUT2D eigenvalue weighted by Gasteiger charge is -2.29. The number of likely N-dealkylation sites (tertiary alicyclic amines) is 1. The Morgan fingerprint density at radius 3 is 2.43 bits per heavy atom. The first-order chi connectivity index (χ1) is 16.6. The number of hydrogen-bond acceptors (Lipinski definition) is 7. The van der Waals surface area contributed by atoms with Gasteiger partial charge in [-0.3, -0.25) is 4.79 Å². The van der Waals surface area contributed by atoms with Crippen molar-refractivity contribution in [2.45, 2.75) is 45.0 Å². The minimum atomic E-state index is -4.62. The Balaban J connectivity index is 1.55. The van der Waals surface area contributed by atoms with Crippen LogP contribution in [0.2, 0.25) is 0 Å². The molecule has 0 aliphatic carbocycles. The fourth-order valence-electron chi connectivity index (χ4n) is 3.78. The van der Waals surface area contributed by atoms with Crippen LogP contribution in [-0.4, -0.2) is 52.0 Å². The number of nitrogens with zero attached hydrogens (tertiary/aromatic N) is 4. The standard InChI is InChI=1S/C24H26F3N5O2S/c1-14-11-28-22(35-14)17-8-16(9-20(10-17)34-19-4-6-32(3)7-5-19)21(33)31-15(2)18-12-29-23(30-13-18)24(25,26)27/h8-13,15,19H,4-7H2,1-3H3,(H,31,33). The first kappa shape index (κ1) is 25.1. The summed E-state index contributed by atoms with van der Waals surface area (Å²) in [7, 11) is 2.08. The van der Waals surface area contributed by atoms with Gasteiger partial charge in [-0.1, -0.05) is 0 Å². The van der Waals surface area contributed by atoms with Crippen molar-refractivity contribution < 1.29 is 22.7 Å². The number of thiazole rings is 1. The number of carbonyl (C=O) groups excluding carboxylic acids is 1.